The quantitative estimate of drug-likeness (QED) is 0.726. The van der Waals surface area contributed by atoms with Crippen molar-refractivity contribution in [1.82, 2.24) is 24.1 Å². The molecule has 148 valence electrons. The Balaban J connectivity index is 1.74. The van der Waals surface area contributed by atoms with E-state index in [1.165, 1.54) is 24.7 Å². The summed E-state index contributed by atoms with van der Waals surface area (Å²) in [5.41, 5.74) is 2.15. The number of benzene rings is 1. The number of nitrogens with one attached hydrogen (secondary N) is 1. The Labute approximate surface area is 163 Å². The first-order chi connectivity index (χ1) is 13.1. The van der Waals surface area contributed by atoms with Gasteiger partial charge in [0.2, 0.25) is 0 Å². The van der Waals surface area contributed by atoms with E-state index in [0.717, 1.165) is 11.3 Å². The molecule has 1 unspecified atom stereocenters. The molecular formula is C19H22FN5O2S. The van der Waals surface area contributed by atoms with Crippen LogP contribution in [-0.4, -0.2) is 27.7 Å². The van der Waals surface area contributed by atoms with E-state index >= 15 is 0 Å². The largest absolute Gasteiger partial charge is 0.339 e. The average molecular weight is 403 g/mol. The summed E-state index contributed by atoms with van der Waals surface area (Å²) in [6.07, 6.45) is 5.92. The van der Waals surface area contributed by atoms with Gasteiger partial charge in [-0.05, 0) is 36.5 Å². The second kappa shape index (κ2) is 6.52. The highest BCUT2D eigenvalue weighted by Crippen LogP contribution is 2.41. The van der Waals surface area contributed by atoms with E-state index in [1.54, 1.807) is 34.6 Å². The summed E-state index contributed by atoms with van der Waals surface area (Å²) >= 11 is 0. The van der Waals surface area contributed by atoms with E-state index in [1.807, 2.05) is 0 Å². The van der Waals surface area contributed by atoms with Crippen LogP contribution in [0, 0.1) is 11.2 Å². The van der Waals surface area contributed by atoms with E-state index in [0.29, 0.717) is 18.5 Å². The molecule has 1 atom stereocenters. The van der Waals surface area contributed by atoms with Gasteiger partial charge < -0.3 is 4.57 Å². The van der Waals surface area contributed by atoms with Crippen molar-refractivity contribution >= 4 is 10.0 Å². The van der Waals surface area contributed by atoms with Crippen LogP contribution in [0.3, 0.4) is 0 Å². The lowest BCUT2D eigenvalue weighted by atomic mass is 9.74. The molecular weight excluding hydrogens is 381 g/mol. The third kappa shape index (κ3) is 3.47. The first-order valence-electron chi connectivity index (χ1n) is 8.98. The molecule has 1 N–H and O–H groups in total. The zero-order chi connectivity index (χ0) is 20.1. The lowest BCUT2D eigenvalue weighted by Crippen LogP contribution is -2.36. The lowest BCUT2D eigenvalue weighted by Gasteiger charge is -2.35. The Morgan fingerprint density at radius 1 is 1.32 bits per heavy atom. The molecule has 0 spiro atoms. The van der Waals surface area contributed by atoms with Gasteiger partial charge in [0.1, 0.15) is 5.82 Å². The molecule has 1 aliphatic carbocycles. The summed E-state index contributed by atoms with van der Waals surface area (Å²) < 4.78 is 45.3. The molecule has 2 heterocycles. The van der Waals surface area contributed by atoms with Gasteiger partial charge in [-0.3, -0.25) is 0 Å². The van der Waals surface area contributed by atoms with Crippen molar-refractivity contribution in [2.75, 3.05) is 0 Å². The van der Waals surface area contributed by atoms with Crippen LogP contribution in [0.2, 0.25) is 0 Å². The fraction of sp³-hybridized carbons (Fsp3) is 0.368. The van der Waals surface area contributed by atoms with Crippen molar-refractivity contribution in [2.45, 2.75) is 37.8 Å². The molecule has 0 saturated carbocycles. The van der Waals surface area contributed by atoms with Crippen LogP contribution >= 0.6 is 0 Å². The summed E-state index contributed by atoms with van der Waals surface area (Å²) in [6.45, 7) is 4.17. The summed E-state index contributed by atoms with van der Waals surface area (Å²) in [7, 11) is -2.05. The molecule has 0 aliphatic heterocycles. The summed E-state index contributed by atoms with van der Waals surface area (Å²) in [5, 5.41) is 4.41. The van der Waals surface area contributed by atoms with Crippen LogP contribution in [0.15, 0.2) is 48.0 Å². The third-order valence-corrected chi connectivity index (χ3v) is 6.34. The van der Waals surface area contributed by atoms with Crippen LogP contribution in [0.5, 0.6) is 0 Å². The minimum absolute atomic E-state index is 0.0162. The molecule has 0 bridgehead atoms. The Bertz CT molecular complexity index is 1130. The molecule has 0 radical (unpaired) electrons. The highest BCUT2D eigenvalue weighted by atomic mass is 32.2. The maximum absolute atomic E-state index is 13.7. The Hall–Kier alpha value is -2.52. The topological polar surface area (TPSA) is 81.8 Å². The number of fused-ring (bicyclic) bond motifs is 1. The van der Waals surface area contributed by atoms with Crippen molar-refractivity contribution in [2.24, 2.45) is 12.5 Å². The van der Waals surface area contributed by atoms with E-state index < -0.39 is 16.1 Å². The van der Waals surface area contributed by atoms with Gasteiger partial charge in [-0.2, -0.15) is 5.10 Å². The standard InChI is InChI=1S/C19H22FN5O2S/c1-19(2)8-16(23-28(26,27)18-11-24(3)12-21-18)15-10-22-25(17(15)9-19)14-6-4-5-13(20)7-14/h4-7,10-12,16,23H,8-9H2,1-3H3. The molecule has 0 amide bonds. The average Bonchev–Trinajstić information content (AvgIpc) is 3.20. The maximum atomic E-state index is 13.7. The molecule has 0 fully saturated rings. The van der Waals surface area contributed by atoms with Crippen LogP contribution < -0.4 is 4.72 Å². The summed E-state index contributed by atoms with van der Waals surface area (Å²) in [4.78, 5) is 3.96. The van der Waals surface area contributed by atoms with Gasteiger partial charge in [-0.15, -0.1) is 0 Å². The third-order valence-electron chi connectivity index (χ3n) is 4.99. The highest BCUT2D eigenvalue weighted by molar-refractivity contribution is 7.89. The van der Waals surface area contributed by atoms with E-state index in [-0.39, 0.29) is 16.3 Å². The predicted molar refractivity (Wildman–Crippen MR) is 102 cm³/mol. The van der Waals surface area contributed by atoms with Crippen LogP contribution in [0.1, 0.15) is 37.6 Å². The van der Waals surface area contributed by atoms with Gasteiger partial charge in [-0.25, -0.2) is 27.2 Å². The number of imidazole rings is 1. The van der Waals surface area contributed by atoms with Crippen LogP contribution in [-0.2, 0) is 23.5 Å². The Kier molecular flexibility index (Phi) is 4.39. The highest BCUT2D eigenvalue weighted by Gasteiger charge is 2.37. The molecule has 3 aromatic rings. The van der Waals surface area contributed by atoms with E-state index in [2.05, 4.69) is 28.7 Å². The lowest BCUT2D eigenvalue weighted by molar-refractivity contribution is 0.268. The fourth-order valence-electron chi connectivity index (χ4n) is 3.75. The number of nitrogens with zero attached hydrogens (tertiary/aromatic N) is 4. The number of aromatic nitrogens is 4. The number of sulfonamides is 1. The molecule has 28 heavy (non-hydrogen) atoms. The number of hydrogen-bond donors (Lipinski definition) is 1. The minimum atomic E-state index is -3.77. The SMILES string of the molecule is Cn1cnc(S(=O)(=O)NC2CC(C)(C)Cc3c2cnn3-c2cccc(F)c2)c1. The second-order valence-electron chi connectivity index (χ2n) is 8.03. The van der Waals surface area contributed by atoms with Crippen molar-refractivity contribution in [3.05, 3.63) is 60.1 Å². The van der Waals surface area contributed by atoms with Gasteiger partial charge in [0.25, 0.3) is 10.0 Å². The van der Waals surface area contributed by atoms with Crippen molar-refractivity contribution in [1.29, 1.82) is 0 Å². The zero-order valence-corrected chi connectivity index (χ0v) is 16.7. The molecule has 4 rings (SSSR count). The monoisotopic (exact) mass is 403 g/mol. The number of halogens is 1. The molecule has 0 saturated heterocycles. The normalized spacial score (nSPS) is 18.8. The smallest absolute Gasteiger partial charge is 0.260 e. The maximum Gasteiger partial charge on any atom is 0.260 e. The van der Waals surface area contributed by atoms with Crippen molar-refractivity contribution in [3.8, 4) is 5.69 Å². The molecule has 1 aromatic carbocycles. The Morgan fingerprint density at radius 2 is 2.11 bits per heavy atom. The van der Waals surface area contributed by atoms with Crippen molar-refractivity contribution in [3.63, 3.8) is 0 Å². The van der Waals surface area contributed by atoms with Crippen LogP contribution in [0.25, 0.3) is 5.69 Å². The predicted octanol–water partition coefficient (Wildman–Crippen LogP) is 2.74. The fourth-order valence-corrected chi connectivity index (χ4v) is 4.95. The molecule has 7 nitrogen and oxygen atoms in total. The Morgan fingerprint density at radius 3 is 2.79 bits per heavy atom. The first kappa shape index (κ1) is 18.8. The first-order valence-corrected chi connectivity index (χ1v) is 10.5. The van der Waals surface area contributed by atoms with Gasteiger partial charge in [-0.1, -0.05) is 19.9 Å². The number of aryl methyl sites for hydroxylation is 1. The van der Waals surface area contributed by atoms with Gasteiger partial charge in [0, 0.05) is 24.5 Å². The molecule has 1 aliphatic rings. The summed E-state index contributed by atoms with van der Waals surface area (Å²) in [5.74, 6) is -0.343. The van der Waals surface area contributed by atoms with Crippen LogP contribution in [0.4, 0.5) is 4.39 Å². The van der Waals surface area contributed by atoms with Gasteiger partial charge in [0.15, 0.2) is 5.03 Å². The summed E-state index contributed by atoms with van der Waals surface area (Å²) in [6, 6.07) is 5.78. The number of hydrogen-bond acceptors (Lipinski definition) is 4. The van der Waals surface area contributed by atoms with E-state index in [4.69, 9.17) is 0 Å². The minimum Gasteiger partial charge on any atom is -0.339 e. The molecule has 2 aromatic heterocycles. The second-order valence-corrected chi connectivity index (χ2v) is 9.70. The van der Waals surface area contributed by atoms with Gasteiger partial charge >= 0.3 is 0 Å². The van der Waals surface area contributed by atoms with Gasteiger partial charge in [0.05, 0.1) is 24.3 Å². The number of rotatable bonds is 4. The zero-order valence-electron chi connectivity index (χ0n) is 15.9. The van der Waals surface area contributed by atoms with Crippen molar-refractivity contribution < 1.29 is 12.8 Å². The van der Waals surface area contributed by atoms with E-state index in [9.17, 15) is 12.8 Å². The molecule has 9 heteroatoms.